The van der Waals surface area contributed by atoms with Crippen molar-refractivity contribution in [2.24, 2.45) is 0 Å². The molecule has 2 aromatic rings. The van der Waals surface area contributed by atoms with Gasteiger partial charge < -0.3 is 29.7 Å². The summed E-state index contributed by atoms with van der Waals surface area (Å²) in [6, 6.07) is 11.6. The van der Waals surface area contributed by atoms with Gasteiger partial charge in [0.15, 0.2) is 0 Å². The van der Waals surface area contributed by atoms with Crippen molar-refractivity contribution in [3.8, 4) is 0 Å². The van der Waals surface area contributed by atoms with Crippen molar-refractivity contribution in [2.45, 2.75) is 77.1 Å². The molecular weight excluding hydrogens is 645 g/mol. The quantitative estimate of drug-likeness (QED) is 0.406. The first kappa shape index (κ1) is 37.2. The summed E-state index contributed by atoms with van der Waals surface area (Å²) in [6.07, 6.45) is 0.0999. The smallest absolute Gasteiger partial charge is 0.410 e. The Morgan fingerprint density at radius 1 is 1.02 bits per heavy atom. The molecule has 0 aromatic heterocycles. The molecule has 2 aromatic carbocycles. The molecule has 272 valence electrons. The van der Waals surface area contributed by atoms with Gasteiger partial charge in [0.1, 0.15) is 18.0 Å². The van der Waals surface area contributed by atoms with Gasteiger partial charge in [-0.3, -0.25) is 24.2 Å². The number of anilines is 1. The topological polar surface area (TPSA) is 132 Å². The highest BCUT2D eigenvalue weighted by Gasteiger charge is 2.48. The Bertz CT molecular complexity index is 1580. The first-order chi connectivity index (χ1) is 23.5. The van der Waals surface area contributed by atoms with E-state index < -0.39 is 29.4 Å². The Balaban J connectivity index is 1.43. The standard InChI is InChI=1S/C37H50FN5O7/c1-24-18-41(29(19-40-13-14-49-22-25(40)2)20-42(24)35(48)50-36(3,4)5)21-32(44)43-23-37(6,34(47)39-17-33(45)46)30-12-9-27(16-31(30)43)15-26-7-10-28(38)11-8-26/h7-12,16,24-25,29H,13-15,17-23H2,1-6H3,(H,39,47)(H,45,46)/t24-,25-,29+,37+/m1/s1. The maximum Gasteiger partial charge on any atom is 0.410 e. The fourth-order valence-electron chi connectivity index (χ4n) is 7.08. The van der Waals surface area contributed by atoms with Crippen molar-refractivity contribution >= 4 is 29.6 Å². The molecule has 3 aliphatic rings. The van der Waals surface area contributed by atoms with Crippen molar-refractivity contribution < 1.29 is 38.1 Å². The van der Waals surface area contributed by atoms with Crippen LogP contribution in [-0.2, 0) is 35.7 Å². The molecule has 0 unspecified atom stereocenters. The number of hydrogen-bond donors (Lipinski definition) is 2. The van der Waals surface area contributed by atoms with E-state index in [1.165, 1.54) is 12.1 Å². The number of hydrogen-bond acceptors (Lipinski definition) is 8. The van der Waals surface area contributed by atoms with Crippen LogP contribution in [-0.4, -0.2) is 126 Å². The fraction of sp³-hybridized carbons (Fsp3) is 0.568. The fourth-order valence-corrected chi connectivity index (χ4v) is 7.08. The first-order valence-corrected chi connectivity index (χ1v) is 17.3. The van der Waals surface area contributed by atoms with Gasteiger partial charge in [-0.2, -0.15) is 0 Å². The van der Waals surface area contributed by atoms with Gasteiger partial charge in [0, 0.05) is 56.5 Å². The van der Waals surface area contributed by atoms with Gasteiger partial charge in [0.05, 0.1) is 25.2 Å². The summed E-state index contributed by atoms with van der Waals surface area (Å²) in [7, 11) is 0. The van der Waals surface area contributed by atoms with Crippen LogP contribution in [0.2, 0.25) is 0 Å². The number of nitrogens with one attached hydrogen (secondary N) is 1. The van der Waals surface area contributed by atoms with Crippen LogP contribution in [0.5, 0.6) is 0 Å². The summed E-state index contributed by atoms with van der Waals surface area (Å²) >= 11 is 0. The van der Waals surface area contributed by atoms with E-state index >= 15 is 0 Å². The number of morpholine rings is 1. The molecule has 3 heterocycles. The van der Waals surface area contributed by atoms with E-state index in [0.29, 0.717) is 50.5 Å². The molecule has 13 heteroatoms. The minimum atomic E-state index is -1.19. The van der Waals surface area contributed by atoms with Crippen LogP contribution in [0.1, 0.15) is 58.2 Å². The summed E-state index contributed by atoms with van der Waals surface area (Å²) < 4.78 is 25.0. The van der Waals surface area contributed by atoms with Gasteiger partial charge in [-0.05, 0) is 82.9 Å². The summed E-state index contributed by atoms with van der Waals surface area (Å²) in [4.78, 5) is 60.4. The Hall–Kier alpha value is -4.07. The van der Waals surface area contributed by atoms with Crippen LogP contribution in [0.25, 0.3) is 0 Å². The molecule has 50 heavy (non-hydrogen) atoms. The second-order valence-corrected chi connectivity index (χ2v) is 15.0. The second-order valence-electron chi connectivity index (χ2n) is 15.0. The lowest BCUT2D eigenvalue weighted by Crippen LogP contribution is -2.64. The molecule has 4 atom stereocenters. The lowest BCUT2D eigenvalue weighted by molar-refractivity contribution is -0.138. The number of halogens is 1. The molecule has 5 rings (SSSR count). The average Bonchev–Trinajstić information content (AvgIpc) is 3.35. The van der Waals surface area contributed by atoms with Crippen LogP contribution >= 0.6 is 0 Å². The minimum Gasteiger partial charge on any atom is -0.480 e. The Morgan fingerprint density at radius 2 is 1.72 bits per heavy atom. The van der Waals surface area contributed by atoms with E-state index in [-0.39, 0.29) is 49.0 Å². The predicted molar refractivity (Wildman–Crippen MR) is 186 cm³/mol. The average molecular weight is 696 g/mol. The number of carboxylic acid groups (broad SMARTS) is 1. The van der Waals surface area contributed by atoms with Gasteiger partial charge in [0.2, 0.25) is 11.8 Å². The zero-order valence-corrected chi connectivity index (χ0v) is 29.9. The van der Waals surface area contributed by atoms with Crippen LogP contribution in [0.3, 0.4) is 0 Å². The Labute approximate surface area is 293 Å². The zero-order chi connectivity index (χ0) is 36.4. The monoisotopic (exact) mass is 695 g/mol. The van der Waals surface area contributed by atoms with Crippen molar-refractivity contribution in [2.75, 3.05) is 63.9 Å². The van der Waals surface area contributed by atoms with Crippen LogP contribution < -0.4 is 10.2 Å². The summed E-state index contributed by atoms with van der Waals surface area (Å²) in [6.45, 7) is 14.2. The maximum absolute atomic E-state index is 14.4. The van der Waals surface area contributed by atoms with Gasteiger partial charge in [-0.15, -0.1) is 0 Å². The molecular formula is C37H50FN5O7. The molecule has 2 N–H and O–H groups in total. The van der Waals surface area contributed by atoms with E-state index in [9.17, 15) is 28.7 Å². The molecule has 12 nitrogen and oxygen atoms in total. The van der Waals surface area contributed by atoms with Gasteiger partial charge in [-0.25, -0.2) is 9.18 Å². The lowest BCUT2D eigenvalue weighted by atomic mass is 9.83. The zero-order valence-electron chi connectivity index (χ0n) is 29.9. The number of carboxylic acids is 1. The number of ether oxygens (including phenoxy) is 2. The van der Waals surface area contributed by atoms with Crippen molar-refractivity contribution in [1.29, 1.82) is 0 Å². The number of piperazine rings is 1. The van der Waals surface area contributed by atoms with Gasteiger partial charge in [-0.1, -0.05) is 24.3 Å². The number of amides is 3. The second kappa shape index (κ2) is 15.0. The maximum atomic E-state index is 14.4. The van der Waals surface area contributed by atoms with E-state index in [1.54, 1.807) is 28.9 Å². The molecule has 3 aliphatic heterocycles. The highest BCUT2D eigenvalue weighted by Crippen LogP contribution is 2.42. The highest BCUT2D eigenvalue weighted by molar-refractivity contribution is 6.03. The predicted octanol–water partition coefficient (Wildman–Crippen LogP) is 3.25. The van der Waals surface area contributed by atoms with Crippen LogP contribution in [0, 0.1) is 5.82 Å². The van der Waals surface area contributed by atoms with Crippen molar-refractivity contribution in [3.63, 3.8) is 0 Å². The highest BCUT2D eigenvalue weighted by atomic mass is 19.1. The first-order valence-electron chi connectivity index (χ1n) is 17.3. The lowest BCUT2D eigenvalue weighted by Gasteiger charge is -2.47. The number of rotatable bonds is 9. The van der Waals surface area contributed by atoms with E-state index in [2.05, 4.69) is 22.0 Å². The molecule has 0 spiro atoms. The van der Waals surface area contributed by atoms with Crippen LogP contribution in [0.15, 0.2) is 42.5 Å². The minimum absolute atomic E-state index is 0.0329. The summed E-state index contributed by atoms with van der Waals surface area (Å²) in [5.74, 6) is -2.19. The van der Waals surface area contributed by atoms with E-state index in [0.717, 1.165) is 17.7 Å². The van der Waals surface area contributed by atoms with Gasteiger partial charge >= 0.3 is 12.1 Å². The molecule has 0 saturated carbocycles. The van der Waals surface area contributed by atoms with Crippen molar-refractivity contribution in [1.82, 2.24) is 20.0 Å². The largest absolute Gasteiger partial charge is 0.480 e. The Morgan fingerprint density at radius 3 is 2.38 bits per heavy atom. The Kier molecular flexibility index (Phi) is 11.2. The number of aliphatic carboxylic acids is 1. The molecule has 0 bridgehead atoms. The third-order valence-corrected chi connectivity index (χ3v) is 9.82. The molecule has 0 radical (unpaired) electrons. The summed E-state index contributed by atoms with van der Waals surface area (Å²) in [5, 5.41) is 11.8. The SMILES string of the molecule is C[C@@H]1COCCN1C[C@H]1CN(C(=O)OC(C)(C)C)[C@H](C)CN1CC(=O)N1C[C@](C)(C(=O)NCC(=O)O)c2ccc(Cc3ccc(F)cc3)cc21. The van der Waals surface area contributed by atoms with E-state index in [4.69, 9.17) is 9.47 Å². The number of carbonyl (C=O) groups excluding carboxylic acids is 3. The molecule has 3 amide bonds. The summed E-state index contributed by atoms with van der Waals surface area (Å²) in [5.41, 5.74) is 1.13. The third kappa shape index (κ3) is 8.62. The number of carbonyl (C=O) groups is 4. The normalized spacial score (nSPS) is 24.5. The molecule has 2 fully saturated rings. The van der Waals surface area contributed by atoms with E-state index in [1.807, 2.05) is 45.9 Å². The number of nitrogens with zero attached hydrogens (tertiary/aromatic N) is 4. The third-order valence-electron chi connectivity index (χ3n) is 9.82. The number of benzene rings is 2. The molecule has 0 aliphatic carbocycles. The molecule has 2 saturated heterocycles. The van der Waals surface area contributed by atoms with Gasteiger partial charge in [0.25, 0.3) is 0 Å². The van der Waals surface area contributed by atoms with Crippen molar-refractivity contribution in [3.05, 3.63) is 65.0 Å². The van der Waals surface area contributed by atoms with Crippen LogP contribution in [0.4, 0.5) is 14.9 Å². The number of fused-ring (bicyclic) bond motifs is 1.